The van der Waals surface area contributed by atoms with E-state index in [-0.39, 0.29) is 17.9 Å². The summed E-state index contributed by atoms with van der Waals surface area (Å²) >= 11 is 0. The first-order chi connectivity index (χ1) is 7.61. The van der Waals surface area contributed by atoms with Crippen molar-refractivity contribution in [1.82, 2.24) is 15.5 Å². The van der Waals surface area contributed by atoms with Gasteiger partial charge in [0.2, 0.25) is 11.8 Å². The van der Waals surface area contributed by atoms with Crippen molar-refractivity contribution in [2.24, 2.45) is 0 Å². The quantitative estimate of drug-likeness (QED) is 0.694. The molecule has 0 radical (unpaired) electrons. The van der Waals surface area contributed by atoms with Gasteiger partial charge in [0.25, 0.3) is 0 Å². The van der Waals surface area contributed by atoms with Gasteiger partial charge < -0.3 is 15.5 Å². The molecule has 2 N–H and O–H groups in total. The van der Waals surface area contributed by atoms with E-state index in [2.05, 4.69) is 10.6 Å². The zero-order valence-corrected chi connectivity index (χ0v) is 10.1. The van der Waals surface area contributed by atoms with Crippen molar-refractivity contribution >= 4 is 11.8 Å². The van der Waals surface area contributed by atoms with Crippen LogP contribution in [-0.4, -0.2) is 49.9 Å². The van der Waals surface area contributed by atoms with Gasteiger partial charge in [-0.3, -0.25) is 9.59 Å². The molecule has 1 fully saturated rings. The van der Waals surface area contributed by atoms with Gasteiger partial charge in [-0.15, -0.1) is 0 Å². The predicted molar refractivity (Wildman–Crippen MR) is 62.0 cm³/mol. The van der Waals surface area contributed by atoms with E-state index in [0.29, 0.717) is 13.0 Å². The Bertz CT molecular complexity index is 248. The van der Waals surface area contributed by atoms with Gasteiger partial charge in [-0.25, -0.2) is 0 Å². The Morgan fingerprint density at radius 3 is 2.69 bits per heavy atom. The highest BCUT2D eigenvalue weighted by molar-refractivity contribution is 5.82. The molecule has 0 spiro atoms. The van der Waals surface area contributed by atoms with Crippen molar-refractivity contribution in [3.8, 4) is 0 Å². The molecule has 16 heavy (non-hydrogen) atoms. The van der Waals surface area contributed by atoms with E-state index in [1.165, 1.54) is 4.90 Å². The lowest BCUT2D eigenvalue weighted by Crippen LogP contribution is -2.47. The van der Waals surface area contributed by atoms with Gasteiger partial charge in [-0.2, -0.15) is 0 Å². The minimum absolute atomic E-state index is 0.0197. The van der Waals surface area contributed by atoms with E-state index >= 15 is 0 Å². The van der Waals surface area contributed by atoms with E-state index in [1.807, 2.05) is 0 Å². The summed E-state index contributed by atoms with van der Waals surface area (Å²) in [7, 11) is 3.43. The predicted octanol–water partition coefficient (Wildman–Crippen LogP) is -0.277. The number of hydrogen-bond donors (Lipinski definition) is 2. The van der Waals surface area contributed by atoms with Crippen LogP contribution < -0.4 is 10.6 Å². The van der Waals surface area contributed by atoms with Crippen LogP contribution in [0.3, 0.4) is 0 Å². The van der Waals surface area contributed by atoms with Gasteiger partial charge in [0.05, 0.1) is 6.04 Å². The minimum Gasteiger partial charge on any atom is -0.354 e. The largest absolute Gasteiger partial charge is 0.354 e. The fourth-order valence-electron chi connectivity index (χ4n) is 1.72. The summed E-state index contributed by atoms with van der Waals surface area (Å²) in [5, 5.41) is 5.96. The number of nitrogens with one attached hydrogen (secondary N) is 2. The van der Waals surface area contributed by atoms with Gasteiger partial charge in [-0.05, 0) is 19.4 Å². The first-order valence-electron chi connectivity index (χ1n) is 5.82. The Labute approximate surface area is 96.6 Å². The Balaban J connectivity index is 2.17. The molecule has 0 saturated carbocycles. The van der Waals surface area contributed by atoms with Crippen molar-refractivity contribution in [2.75, 3.05) is 27.2 Å². The average Bonchev–Trinajstić information content (AvgIpc) is 2.29. The van der Waals surface area contributed by atoms with Crippen molar-refractivity contribution in [2.45, 2.75) is 31.7 Å². The van der Waals surface area contributed by atoms with Gasteiger partial charge in [0, 0.05) is 27.1 Å². The Hall–Kier alpha value is -1.10. The zero-order chi connectivity index (χ0) is 12.0. The van der Waals surface area contributed by atoms with E-state index in [1.54, 1.807) is 14.1 Å². The lowest BCUT2D eigenvalue weighted by Gasteiger charge is -2.22. The second-order valence-corrected chi connectivity index (χ2v) is 4.33. The highest BCUT2D eigenvalue weighted by Gasteiger charge is 2.19. The molecule has 1 rings (SSSR count). The smallest absolute Gasteiger partial charge is 0.237 e. The number of rotatable bonds is 4. The number of piperidine rings is 1. The lowest BCUT2D eigenvalue weighted by atomic mass is 10.0. The molecule has 92 valence electrons. The molecule has 5 nitrogen and oxygen atoms in total. The van der Waals surface area contributed by atoms with Crippen LogP contribution in [-0.2, 0) is 9.59 Å². The van der Waals surface area contributed by atoms with Gasteiger partial charge >= 0.3 is 0 Å². The summed E-state index contributed by atoms with van der Waals surface area (Å²) in [5.41, 5.74) is 0. The maximum absolute atomic E-state index is 11.7. The molecule has 1 saturated heterocycles. The lowest BCUT2D eigenvalue weighted by molar-refractivity contribution is -0.128. The Morgan fingerprint density at radius 1 is 1.38 bits per heavy atom. The van der Waals surface area contributed by atoms with Crippen LogP contribution >= 0.6 is 0 Å². The van der Waals surface area contributed by atoms with Crippen LogP contribution in [0.25, 0.3) is 0 Å². The highest BCUT2D eigenvalue weighted by Crippen LogP contribution is 2.06. The maximum Gasteiger partial charge on any atom is 0.237 e. The topological polar surface area (TPSA) is 61.4 Å². The second kappa shape index (κ2) is 6.48. The molecule has 0 aromatic carbocycles. The van der Waals surface area contributed by atoms with E-state index in [9.17, 15) is 9.59 Å². The minimum atomic E-state index is -0.0665. The molecule has 5 heteroatoms. The van der Waals surface area contributed by atoms with Crippen LogP contribution in [0.2, 0.25) is 0 Å². The fraction of sp³-hybridized carbons (Fsp3) is 0.818. The van der Waals surface area contributed by atoms with E-state index in [0.717, 1.165) is 25.8 Å². The molecular weight excluding hydrogens is 206 g/mol. The molecule has 1 aliphatic rings. The van der Waals surface area contributed by atoms with Crippen molar-refractivity contribution in [3.05, 3.63) is 0 Å². The first kappa shape index (κ1) is 13.0. The van der Waals surface area contributed by atoms with E-state index < -0.39 is 0 Å². The molecule has 0 aromatic heterocycles. The van der Waals surface area contributed by atoms with Gasteiger partial charge in [0.1, 0.15) is 0 Å². The normalized spacial score (nSPS) is 20.2. The molecule has 0 aliphatic carbocycles. The standard InChI is InChI=1S/C11H21N3O2/c1-14(2)10(15)6-8-13-11(16)9-5-3-4-7-12-9/h9,12H,3-8H2,1-2H3,(H,13,16)/t9-/m1/s1. The number of carbonyl (C=O) groups is 2. The third-order valence-corrected chi connectivity index (χ3v) is 2.76. The van der Waals surface area contributed by atoms with Crippen LogP contribution in [0, 0.1) is 0 Å². The van der Waals surface area contributed by atoms with Gasteiger partial charge in [-0.1, -0.05) is 6.42 Å². The van der Waals surface area contributed by atoms with Crippen LogP contribution in [0.5, 0.6) is 0 Å². The van der Waals surface area contributed by atoms with Crippen LogP contribution in [0.15, 0.2) is 0 Å². The summed E-state index contributed by atoms with van der Waals surface area (Å²) in [6.07, 6.45) is 3.50. The second-order valence-electron chi connectivity index (χ2n) is 4.33. The Kier molecular flexibility index (Phi) is 5.25. The van der Waals surface area contributed by atoms with Crippen molar-refractivity contribution in [1.29, 1.82) is 0 Å². The molecule has 0 bridgehead atoms. The van der Waals surface area contributed by atoms with E-state index in [4.69, 9.17) is 0 Å². The van der Waals surface area contributed by atoms with Crippen LogP contribution in [0.1, 0.15) is 25.7 Å². The number of amides is 2. The molecule has 1 heterocycles. The first-order valence-corrected chi connectivity index (χ1v) is 5.82. The monoisotopic (exact) mass is 227 g/mol. The fourth-order valence-corrected chi connectivity index (χ4v) is 1.72. The molecule has 0 aromatic rings. The molecule has 0 unspecified atom stereocenters. The zero-order valence-electron chi connectivity index (χ0n) is 10.1. The van der Waals surface area contributed by atoms with Crippen molar-refractivity contribution < 1.29 is 9.59 Å². The molecule has 1 atom stereocenters. The maximum atomic E-state index is 11.7. The third-order valence-electron chi connectivity index (χ3n) is 2.76. The summed E-state index contributed by atoms with van der Waals surface area (Å²) < 4.78 is 0. The summed E-state index contributed by atoms with van der Waals surface area (Å²) in [6.45, 7) is 1.34. The summed E-state index contributed by atoms with van der Waals surface area (Å²) in [5.74, 6) is 0.0585. The molecule has 1 aliphatic heterocycles. The average molecular weight is 227 g/mol. The summed E-state index contributed by atoms with van der Waals surface area (Å²) in [6, 6.07) is -0.0665. The van der Waals surface area contributed by atoms with Gasteiger partial charge in [0.15, 0.2) is 0 Å². The molecular formula is C11H21N3O2. The SMILES string of the molecule is CN(C)C(=O)CCNC(=O)[C@H]1CCCCN1. The number of carbonyl (C=O) groups excluding carboxylic acids is 2. The molecule has 2 amide bonds. The Morgan fingerprint density at radius 2 is 2.12 bits per heavy atom. The van der Waals surface area contributed by atoms with Crippen LogP contribution in [0.4, 0.5) is 0 Å². The van der Waals surface area contributed by atoms with Crippen molar-refractivity contribution in [3.63, 3.8) is 0 Å². The number of nitrogens with zero attached hydrogens (tertiary/aromatic N) is 1. The highest BCUT2D eigenvalue weighted by atomic mass is 16.2. The number of hydrogen-bond acceptors (Lipinski definition) is 3. The summed E-state index contributed by atoms with van der Waals surface area (Å²) in [4.78, 5) is 24.4. The third kappa shape index (κ3) is 4.18.